The molecule has 1 fully saturated rings. The second-order valence-corrected chi connectivity index (χ2v) is 3.32. The highest BCUT2D eigenvalue weighted by Crippen LogP contribution is 2.27. The van der Waals surface area contributed by atoms with Crippen molar-refractivity contribution in [3.8, 4) is 0 Å². The van der Waals surface area contributed by atoms with E-state index in [0.717, 1.165) is 5.92 Å². The summed E-state index contributed by atoms with van der Waals surface area (Å²) in [6.45, 7) is 6.69. The maximum atomic E-state index is 8.81. The van der Waals surface area contributed by atoms with Crippen LogP contribution < -0.4 is 0 Å². The molecule has 1 unspecified atom stereocenters. The van der Waals surface area contributed by atoms with Gasteiger partial charge in [-0.3, -0.25) is 0 Å². The second kappa shape index (κ2) is 6.66. The van der Waals surface area contributed by atoms with Crippen LogP contribution in [0.5, 0.6) is 0 Å². The molecule has 1 heteroatoms. The molecule has 0 saturated heterocycles. The van der Waals surface area contributed by atoms with Gasteiger partial charge >= 0.3 is 0 Å². The monoisotopic (exact) mass is 158 g/mol. The van der Waals surface area contributed by atoms with E-state index < -0.39 is 0 Å². The molecule has 1 nitrogen and oxygen atoms in total. The van der Waals surface area contributed by atoms with Crippen LogP contribution in [0.2, 0.25) is 0 Å². The van der Waals surface area contributed by atoms with Gasteiger partial charge in [-0.15, -0.1) is 0 Å². The summed E-state index contributed by atoms with van der Waals surface area (Å²) in [5.74, 6) is 1.48. The van der Waals surface area contributed by atoms with Crippen LogP contribution in [0.15, 0.2) is 0 Å². The van der Waals surface area contributed by atoms with Crippen LogP contribution in [-0.4, -0.2) is 11.7 Å². The topological polar surface area (TPSA) is 20.2 Å². The van der Waals surface area contributed by atoms with Crippen LogP contribution in [0.3, 0.4) is 0 Å². The minimum absolute atomic E-state index is 0.407. The molecule has 1 aliphatic carbocycles. The maximum absolute atomic E-state index is 8.81. The Kier molecular flexibility index (Phi) is 6.63. The van der Waals surface area contributed by atoms with Crippen LogP contribution in [0, 0.1) is 11.8 Å². The number of aliphatic hydroxyl groups is 1. The van der Waals surface area contributed by atoms with Gasteiger partial charge in [0.1, 0.15) is 0 Å². The Balaban J connectivity index is 0.000000461. The van der Waals surface area contributed by atoms with Gasteiger partial charge in [-0.05, 0) is 24.7 Å². The van der Waals surface area contributed by atoms with E-state index in [1.165, 1.54) is 25.7 Å². The highest BCUT2D eigenvalue weighted by molar-refractivity contribution is 4.68. The Morgan fingerprint density at radius 2 is 1.91 bits per heavy atom. The van der Waals surface area contributed by atoms with E-state index in [0.29, 0.717) is 12.5 Å². The molecule has 1 rings (SSSR count). The van der Waals surface area contributed by atoms with Crippen molar-refractivity contribution in [3.05, 3.63) is 0 Å². The summed E-state index contributed by atoms with van der Waals surface area (Å²) in [7, 11) is 0. The third-order valence-corrected chi connectivity index (χ3v) is 2.30. The third kappa shape index (κ3) is 4.41. The first-order chi connectivity index (χ1) is 5.33. The molecule has 1 saturated carbocycles. The number of hydrogen-bond acceptors (Lipinski definition) is 1. The summed E-state index contributed by atoms with van der Waals surface area (Å²) in [5.41, 5.74) is 0. The van der Waals surface area contributed by atoms with Crippen molar-refractivity contribution < 1.29 is 5.11 Å². The van der Waals surface area contributed by atoms with E-state index in [2.05, 4.69) is 6.92 Å². The molecule has 11 heavy (non-hydrogen) atoms. The van der Waals surface area contributed by atoms with Crippen LogP contribution in [0.1, 0.15) is 46.5 Å². The predicted octanol–water partition coefficient (Wildman–Crippen LogP) is 2.83. The molecule has 0 heterocycles. The van der Waals surface area contributed by atoms with Gasteiger partial charge in [0.25, 0.3) is 0 Å². The fourth-order valence-corrected chi connectivity index (χ4v) is 1.73. The van der Waals surface area contributed by atoms with Crippen LogP contribution >= 0.6 is 0 Å². The average molecular weight is 158 g/mol. The molecule has 0 amide bonds. The van der Waals surface area contributed by atoms with Gasteiger partial charge in [0, 0.05) is 6.61 Å². The summed E-state index contributed by atoms with van der Waals surface area (Å²) in [5, 5.41) is 8.81. The molecular weight excluding hydrogens is 136 g/mol. The molecule has 0 spiro atoms. The first kappa shape index (κ1) is 11.0. The first-order valence-electron chi connectivity index (χ1n) is 4.93. The molecule has 0 bridgehead atoms. The standard InChI is InChI=1S/C8H16O.C2H6/c1-7-3-2-4-8(5-7)6-9;1-2/h7-9H,2-6H2,1H3;1-2H3/t7?,8-;/m1./s1. The minimum atomic E-state index is 0.407. The Morgan fingerprint density at radius 1 is 1.27 bits per heavy atom. The van der Waals surface area contributed by atoms with Gasteiger partial charge < -0.3 is 5.11 Å². The normalized spacial score (nSPS) is 30.5. The van der Waals surface area contributed by atoms with Crippen molar-refractivity contribution in [2.45, 2.75) is 46.5 Å². The van der Waals surface area contributed by atoms with E-state index >= 15 is 0 Å². The van der Waals surface area contributed by atoms with Crippen LogP contribution in [0.4, 0.5) is 0 Å². The number of aliphatic hydroxyl groups excluding tert-OH is 1. The average Bonchev–Trinajstić information content (AvgIpc) is 2.08. The molecule has 68 valence electrons. The summed E-state index contributed by atoms with van der Waals surface area (Å²) in [6, 6.07) is 0. The first-order valence-corrected chi connectivity index (χ1v) is 4.93. The zero-order valence-corrected chi connectivity index (χ0v) is 8.14. The van der Waals surface area contributed by atoms with E-state index in [9.17, 15) is 0 Å². The zero-order valence-electron chi connectivity index (χ0n) is 8.14. The Bertz CT molecular complexity index is 80.9. The largest absolute Gasteiger partial charge is 0.396 e. The summed E-state index contributed by atoms with van der Waals surface area (Å²) < 4.78 is 0. The van der Waals surface area contributed by atoms with Crippen molar-refractivity contribution in [2.75, 3.05) is 6.61 Å². The maximum Gasteiger partial charge on any atom is 0.0459 e. The van der Waals surface area contributed by atoms with Crippen molar-refractivity contribution in [1.82, 2.24) is 0 Å². The van der Waals surface area contributed by atoms with E-state index in [4.69, 9.17) is 5.11 Å². The van der Waals surface area contributed by atoms with Crippen molar-refractivity contribution in [3.63, 3.8) is 0 Å². The molecule has 0 aliphatic heterocycles. The lowest BCUT2D eigenvalue weighted by atomic mass is 9.83. The molecule has 0 aromatic heterocycles. The van der Waals surface area contributed by atoms with E-state index in [1.807, 2.05) is 13.8 Å². The lowest BCUT2D eigenvalue weighted by Crippen LogP contribution is -2.15. The molecule has 0 radical (unpaired) electrons. The molecule has 1 aliphatic rings. The fraction of sp³-hybridized carbons (Fsp3) is 1.00. The quantitative estimate of drug-likeness (QED) is 0.622. The van der Waals surface area contributed by atoms with Gasteiger partial charge in [0.2, 0.25) is 0 Å². The summed E-state index contributed by atoms with van der Waals surface area (Å²) >= 11 is 0. The molecule has 2 atom stereocenters. The lowest BCUT2D eigenvalue weighted by Gasteiger charge is -2.24. The molecule has 0 aromatic carbocycles. The zero-order chi connectivity index (χ0) is 8.69. The Labute approximate surface area is 70.8 Å². The molecule has 0 aromatic rings. The van der Waals surface area contributed by atoms with Gasteiger partial charge in [-0.2, -0.15) is 0 Å². The van der Waals surface area contributed by atoms with Gasteiger partial charge in [0.15, 0.2) is 0 Å². The summed E-state index contributed by atoms with van der Waals surface area (Å²) in [6.07, 6.45) is 5.19. The van der Waals surface area contributed by atoms with Gasteiger partial charge in [-0.25, -0.2) is 0 Å². The third-order valence-electron chi connectivity index (χ3n) is 2.30. The Hall–Kier alpha value is -0.0400. The van der Waals surface area contributed by atoms with Crippen molar-refractivity contribution in [1.29, 1.82) is 0 Å². The minimum Gasteiger partial charge on any atom is -0.396 e. The van der Waals surface area contributed by atoms with E-state index in [1.54, 1.807) is 0 Å². The predicted molar refractivity (Wildman–Crippen MR) is 49.6 cm³/mol. The van der Waals surface area contributed by atoms with Crippen LogP contribution in [0.25, 0.3) is 0 Å². The smallest absolute Gasteiger partial charge is 0.0459 e. The SMILES string of the molecule is CC.CC1CCC[C@@H](CO)C1. The van der Waals surface area contributed by atoms with Crippen LogP contribution in [-0.2, 0) is 0 Å². The summed E-state index contributed by atoms with van der Waals surface area (Å²) in [4.78, 5) is 0. The number of hydrogen-bond donors (Lipinski definition) is 1. The number of rotatable bonds is 1. The molecule has 1 N–H and O–H groups in total. The fourth-order valence-electron chi connectivity index (χ4n) is 1.73. The second-order valence-electron chi connectivity index (χ2n) is 3.32. The van der Waals surface area contributed by atoms with Crippen molar-refractivity contribution >= 4 is 0 Å². The highest BCUT2D eigenvalue weighted by atomic mass is 16.3. The van der Waals surface area contributed by atoms with Crippen molar-refractivity contribution in [2.24, 2.45) is 11.8 Å². The van der Waals surface area contributed by atoms with E-state index in [-0.39, 0.29) is 0 Å². The van der Waals surface area contributed by atoms with Gasteiger partial charge in [-0.1, -0.05) is 33.6 Å². The molecular formula is C10H22O. The Morgan fingerprint density at radius 3 is 2.27 bits per heavy atom. The van der Waals surface area contributed by atoms with Gasteiger partial charge in [0.05, 0.1) is 0 Å². The lowest BCUT2D eigenvalue weighted by molar-refractivity contribution is 0.166. The highest BCUT2D eigenvalue weighted by Gasteiger charge is 2.17.